The van der Waals surface area contributed by atoms with Crippen LogP contribution in [-0.4, -0.2) is 25.2 Å². The number of halogens is 2. The van der Waals surface area contributed by atoms with Crippen LogP contribution in [0.15, 0.2) is 34.9 Å². The Kier molecular flexibility index (Phi) is 4.73. The van der Waals surface area contributed by atoms with E-state index in [2.05, 4.69) is 20.5 Å². The second-order valence-electron chi connectivity index (χ2n) is 6.62. The Morgan fingerprint density at radius 2 is 1.81 bits per heavy atom. The van der Waals surface area contributed by atoms with Crippen LogP contribution < -0.4 is 0 Å². The molecule has 3 aromatic rings. The van der Waals surface area contributed by atoms with Crippen molar-refractivity contribution >= 4 is 0 Å². The number of benzene rings is 1. The summed E-state index contributed by atoms with van der Waals surface area (Å²) in [4.78, 5) is 0. The average molecular weight is 359 g/mol. The van der Waals surface area contributed by atoms with Crippen LogP contribution in [0.3, 0.4) is 0 Å². The van der Waals surface area contributed by atoms with Gasteiger partial charge in [-0.25, -0.2) is 4.68 Å². The highest BCUT2D eigenvalue weighted by atomic mass is 19.3. The summed E-state index contributed by atoms with van der Waals surface area (Å²) < 4.78 is 31.8. The SMILES string of the molecule is FC(F)c1nnc(-c2ccc(Cn3cc(C4CCCCC4)nn3)cc2)o1. The number of aromatic nitrogens is 5. The van der Waals surface area contributed by atoms with Gasteiger partial charge in [-0.3, -0.25) is 0 Å². The zero-order valence-electron chi connectivity index (χ0n) is 14.2. The second kappa shape index (κ2) is 7.31. The molecule has 6 nitrogen and oxygen atoms in total. The maximum atomic E-state index is 12.5. The van der Waals surface area contributed by atoms with Crippen LogP contribution in [0, 0.1) is 0 Å². The van der Waals surface area contributed by atoms with E-state index < -0.39 is 12.3 Å². The number of rotatable bonds is 5. The molecule has 4 rings (SSSR count). The van der Waals surface area contributed by atoms with Crippen molar-refractivity contribution in [2.75, 3.05) is 0 Å². The van der Waals surface area contributed by atoms with Gasteiger partial charge in [0, 0.05) is 17.7 Å². The van der Waals surface area contributed by atoms with Gasteiger partial charge in [-0.2, -0.15) is 8.78 Å². The second-order valence-corrected chi connectivity index (χ2v) is 6.62. The van der Waals surface area contributed by atoms with Crippen molar-refractivity contribution in [2.45, 2.75) is 51.0 Å². The minimum atomic E-state index is -2.76. The van der Waals surface area contributed by atoms with Gasteiger partial charge in [0.05, 0.1) is 12.2 Å². The third-order valence-electron chi connectivity index (χ3n) is 4.75. The van der Waals surface area contributed by atoms with Crippen LogP contribution in [0.2, 0.25) is 0 Å². The van der Waals surface area contributed by atoms with Gasteiger partial charge in [-0.1, -0.05) is 36.6 Å². The normalized spacial score (nSPS) is 15.7. The monoisotopic (exact) mass is 359 g/mol. The number of nitrogens with zero attached hydrogens (tertiary/aromatic N) is 5. The highest BCUT2D eigenvalue weighted by Gasteiger charge is 2.19. The van der Waals surface area contributed by atoms with Crippen molar-refractivity contribution < 1.29 is 13.2 Å². The summed E-state index contributed by atoms with van der Waals surface area (Å²) in [5.41, 5.74) is 2.71. The Labute approximate surface area is 149 Å². The van der Waals surface area contributed by atoms with Crippen LogP contribution in [0.5, 0.6) is 0 Å². The summed E-state index contributed by atoms with van der Waals surface area (Å²) >= 11 is 0. The molecule has 0 aliphatic heterocycles. The van der Waals surface area contributed by atoms with Crippen molar-refractivity contribution in [2.24, 2.45) is 0 Å². The zero-order chi connectivity index (χ0) is 17.9. The van der Waals surface area contributed by atoms with E-state index in [-0.39, 0.29) is 5.89 Å². The third kappa shape index (κ3) is 3.63. The highest BCUT2D eigenvalue weighted by molar-refractivity contribution is 5.53. The molecule has 0 spiro atoms. The standard InChI is InChI=1S/C18H19F2N5O/c19-16(20)18-23-22-17(26-18)14-8-6-12(7-9-14)10-25-11-15(21-24-25)13-4-2-1-3-5-13/h6-9,11,13,16H,1-5,10H2. The van der Waals surface area contributed by atoms with Crippen molar-refractivity contribution in [3.05, 3.63) is 47.6 Å². The van der Waals surface area contributed by atoms with Crippen LogP contribution in [0.4, 0.5) is 8.78 Å². The lowest BCUT2D eigenvalue weighted by atomic mass is 9.87. The first-order valence-corrected chi connectivity index (χ1v) is 8.80. The Morgan fingerprint density at radius 1 is 1.04 bits per heavy atom. The fraction of sp³-hybridized carbons (Fsp3) is 0.444. The summed E-state index contributed by atoms with van der Waals surface area (Å²) in [5.74, 6) is -0.0458. The Morgan fingerprint density at radius 3 is 2.50 bits per heavy atom. The lowest BCUT2D eigenvalue weighted by Gasteiger charge is -2.18. The summed E-state index contributed by atoms with van der Waals surface area (Å²) in [6.45, 7) is 0.603. The maximum absolute atomic E-state index is 12.5. The lowest BCUT2D eigenvalue weighted by Crippen LogP contribution is -2.04. The molecule has 0 N–H and O–H groups in total. The van der Waals surface area contributed by atoms with E-state index in [1.807, 2.05) is 23.0 Å². The van der Waals surface area contributed by atoms with Crippen LogP contribution >= 0.6 is 0 Å². The predicted molar refractivity (Wildman–Crippen MR) is 89.6 cm³/mol. The molecule has 2 heterocycles. The Balaban J connectivity index is 1.43. The first kappa shape index (κ1) is 16.8. The minimum absolute atomic E-state index is 0.0900. The molecule has 1 aliphatic rings. The largest absolute Gasteiger partial charge is 0.415 e. The van der Waals surface area contributed by atoms with E-state index in [0.29, 0.717) is 18.0 Å². The number of hydrogen-bond donors (Lipinski definition) is 0. The van der Waals surface area contributed by atoms with Crippen molar-refractivity contribution in [1.29, 1.82) is 0 Å². The molecule has 8 heteroatoms. The quantitative estimate of drug-likeness (QED) is 0.677. The molecule has 0 saturated heterocycles. The predicted octanol–water partition coefficient (Wildman–Crippen LogP) is 4.36. The van der Waals surface area contributed by atoms with Crippen LogP contribution in [0.25, 0.3) is 11.5 Å². The summed E-state index contributed by atoms with van der Waals surface area (Å²) in [5, 5.41) is 15.6. The first-order valence-electron chi connectivity index (χ1n) is 8.80. The van der Waals surface area contributed by atoms with Gasteiger partial charge < -0.3 is 4.42 Å². The first-order chi connectivity index (χ1) is 12.7. The molecule has 1 fully saturated rings. The van der Waals surface area contributed by atoms with Crippen molar-refractivity contribution in [3.8, 4) is 11.5 Å². The molecular weight excluding hydrogens is 340 g/mol. The summed E-state index contributed by atoms with van der Waals surface area (Å²) in [7, 11) is 0. The van der Waals surface area contributed by atoms with Gasteiger partial charge >= 0.3 is 6.43 Å². The molecule has 136 valence electrons. The van der Waals surface area contributed by atoms with Crippen molar-refractivity contribution in [1.82, 2.24) is 25.2 Å². The Hall–Kier alpha value is -2.64. The summed E-state index contributed by atoms with van der Waals surface area (Å²) in [6.07, 6.45) is 5.49. The molecule has 26 heavy (non-hydrogen) atoms. The zero-order valence-corrected chi connectivity index (χ0v) is 14.2. The fourth-order valence-corrected chi connectivity index (χ4v) is 3.36. The fourth-order valence-electron chi connectivity index (χ4n) is 3.36. The topological polar surface area (TPSA) is 69.6 Å². The molecule has 0 amide bonds. The van der Waals surface area contributed by atoms with Gasteiger partial charge in [0.15, 0.2) is 0 Å². The number of alkyl halides is 2. The molecule has 1 saturated carbocycles. The van der Waals surface area contributed by atoms with Crippen LogP contribution in [0.1, 0.15) is 61.6 Å². The molecule has 2 aromatic heterocycles. The van der Waals surface area contributed by atoms with Gasteiger partial charge in [0.25, 0.3) is 5.89 Å². The van der Waals surface area contributed by atoms with Crippen LogP contribution in [-0.2, 0) is 6.54 Å². The third-order valence-corrected chi connectivity index (χ3v) is 4.75. The minimum Gasteiger partial charge on any atom is -0.415 e. The Bertz CT molecular complexity index is 853. The van der Waals surface area contributed by atoms with Gasteiger partial charge in [0.1, 0.15) is 0 Å². The van der Waals surface area contributed by atoms with Gasteiger partial charge in [0.2, 0.25) is 5.89 Å². The molecule has 0 bridgehead atoms. The molecule has 0 atom stereocenters. The lowest BCUT2D eigenvalue weighted by molar-refractivity contribution is 0.116. The highest BCUT2D eigenvalue weighted by Crippen LogP contribution is 2.31. The van der Waals surface area contributed by atoms with E-state index in [1.165, 1.54) is 32.1 Å². The van der Waals surface area contributed by atoms with E-state index in [1.54, 1.807) is 12.1 Å². The summed E-state index contributed by atoms with van der Waals surface area (Å²) in [6, 6.07) is 7.33. The van der Waals surface area contributed by atoms with Gasteiger partial charge in [-0.05, 0) is 30.5 Å². The maximum Gasteiger partial charge on any atom is 0.314 e. The average Bonchev–Trinajstić information content (AvgIpc) is 3.33. The van der Waals surface area contributed by atoms with Gasteiger partial charge in [-0.15, -0.1) is 15.3 Å². The molecule has 0 radical (unpaired) electrons. The van der Waals surface area contributed by atoms with Crippen molar-refractivity contribution in [3.63, 3.8) is 0 Å². The molecular formula is C18H19F2N5O. The number of hydrogen-bond acceptors (Lipinski definition) is 5. The smallest absolute Gasteiger partial charge is 0.314 e. The molecule has 0 unspecified atom stereocenters. The van der Waals surface area contributed by atoms with E-state index in [4.69, 9.17) is 4.42 Å². The molecule has 1 aromatic carbocycles. The molecule has 1 aliphatic carbocycles. The van der Waals surface area contributed by atoms with E-state index in [9.17, 15) is 8.78 Å². The van der Waals surface area contributed by atoms with E-state index >= 15 is 0 Å². The van der Waals surface area contributed by atoms with E-state index in [0.717, 1.165) is 11.3 Å².